The van der Waals surface area contributed by atoms with Crippen molar-refractivity contribution in [3.63, 3.8) is 0 Å². The number of ether oxygens (including phenoxy) is 1. The highest BCUT2D eigenvalue weighted by atomic mass is 32.1. The Balaban J connectivity index is 1.73. The van der Waals surface area contributed by atoms with Crippen LogP contribution in [0.5, 0.6) is 0 Å². The molecule has 1 aliphatic heterocycles. The Kier molecular flexibility index (Phi) is 4.12. The summed E-state index contributed by atoms with van der Waals surface area (Å²) in [6.07, 6.45) is 8.50. The Bertz CT molecular complexity index is 386. The van der Waals surface area contributed by atoms with E-state index in [1.54, 1.807) is 0 Å². The van der Waals surface area contributed by atoms with Crippen LogP contribution in [0.2, 0.25) is 0 Å². The van der Waals surface area contributed by atoms with Crippen molar-refractivity contribution in [2.45, 2.75) is 56.6 Å². The third-order valence-electron chi connectivity index (χ3n) is 4.64. The van der Waals surface area contributed by atoms with E-state index in [-0.39, 0.29) is 11.6 Å². The molecule has 1 saturated heterocycles. The highest BCUT2D eigenvalue weighted by Gasteiger charge is 2.41. The average Bonchev–Trinajstić information content (AvgIpc) is 2.95. The van der Waals surface area contributed by atoms with Crippen molar-refractivity contribution in [2.24, 2.45) is 11.8 Å². The monoisotopic (exact) mass is 282 g/mol. The minimum atomic E-state index is 0.111. The number of hydrogen-bond acceptors (Lipinski definition) is 6. The summed E-state index contributed by atoms with van der Waals surface area (Å²) >= 11 is 1.39. The molecule has 3 N–H and O–H groups in total. The maximum absolute atomic E-state index is 6.15. The van der Waals surface area contributed by atoms with Crippen molar-refractivity contribution in [3.05, 3.63) is 11.1 Å². The van der Waals surface area contributed by atoms with E-state index in [0.717, 1.165) is 25.1 Å². The van der Waals surface area contributed by atoms with Crippen molar-refractivity contribution in [3.8, 4) is 0 Å². The summed E-state index contributed by atoms with van der Waals surface area (Å²) in [5.41, 5.74) is 4.03. The number of hydrazine groups is 1. The number of aromatic nitrogens is 2. The van der Waals surface area contributed by atoms with Gasteiger partial charge in [0.2, 0.25) is 0 Å². The molecule has 106 valence electrons. The van der Waals surface area contributed by atoms with Crippen LogP contribution in [-0.4, -0.2) is 21.8 Å². The quantitative estimate of drug-likeness (QED) is 0.656. The van der Waals surface area contributed by atoms with Crippen LogP contribution in [0.4, 0.5) is 0 Å². The van der Waals surface area contributed by atoms with Gasteiger partial charge < -0.3 is 4.74 Å². The van der Waals surface area contributed by atoms with Gasteiger partial charge in [-0.3, -0.25) is 11.3 Å². The van der Waals surface area contributed by atoms with Crippen LogP contribution >= 0.6 is 11.5 Å². The van der Waals surface area contributed by atoms with Crippen LogP contribution in [0.3, 0.4) is 0 Å². The van der Waals surface area contributed by atoms with Gasteiger partial charge in [0.05, 0.1) is 17.3 Å². The van der Waals surface area contributed by atoms with Gasteiger partial charge in [0, 0.05) is 12.0 Å². The second kappa shape index (κ2) is 5.83. The summed E-state index contributed by atoms with van der Waals surface area (Å²) in [4.78, 5) is 0. The lowest BCUT2D eigenvalue weighted by Crippen LogP contribution is -2.46. The zero-order valence-corrected chi connectivity index (χ0v) is 12.0. The number of nitrogens with one attached hydrogen (secondary N) is 1. The van der Waals surface area contributed by atoms with Crippen molar-refractivity contribution < 1.29 is 4.74 Å². The van der Waals surface area contributed by atoms with Crippen molar-refractivity contribution >= 4 is 11.5 Å². The topological polar surface area (TPSA) is 73.1 Å². The van der Waals surface area contributed by atoms with Crippen LogP contribution in [0, 0.1) is 5.92 Å². The molecular weight excluding hydrogens is 260 g/mol. The molecule has 19 heavy (non-hydrogen) atoms. The van der Waals surface area contributed by atoms with Crippen LogP contribution in [0.15, 0.2) is 5.38 Å². The van der Waals surface area contributed by atoms with Crippen LogP contribution < -0.4 is 11.3 Å². The second-order valence-corrected chi connectivity index (χ2v) is 6.43. The standard InChI is InChI=1S/C13H22N4OS/c14-15-12(11-9-19-17-16-11)10-4-7-18-13(8-10)5-2-1-3-6-13/h9-10,12,15H,1-8,14H2. The average molecular weight is 282 g/mol. The molecule has 0 bridgehead atoms. The lowest BCUT2D eigenvalue weighted by Gasteiger charge is -2.45. The summed E-state index contributed by atoms with van der Waals surface area (Å²) in [6, 6.07) is 0.112. The maximum atomic E-state index is 6.15. The van der Waals surface area contributed by atoms with Gasteiger partial charge in [-0.25, -0.2) is 0 Å². The summed E-state index contributed by atoms with van der Waals surface area (Å²) < 4.78 is 10.1. The van der Waals surface area contributed by atoms with Gasteiger partial charge in [0.1, 0.15) is 0 Å². The Hall–Kier alpha value is -0.560. The van der Waals surface area contributed by atoms with Gasteiger partial charge in [0.25, 0.3) is 0 Å². The highest BCUT2D eigenvalue weighted by molar-refractivity contribution is 7.03. The number of nitrogens with zero attached hydrogens (tertiary/aromatic N) is 2. The first-order valence-electron chi connectivity index (χ1n) is 7.20. The van der Waals surface area contributed by atoms with E-state index in [2.05, 4.69) is 15.0 Å². The zero-order valence-electron chi connectivity index (χ0n) is 11.2. The fourth-order valence-corrected chi connectivity index (χ4v) is 4.16. The summed E-state index contributed by atoms with van der Waals surface area (Å²) in [7, 11) is 0. The second-order valence-electron chi connectivity index (χ2n) is 5.82. The molecule has 5 nitrogen and oxygen atoms in total. The smallest absolute Gasteiger partial charge is 0.0941 e. The predicted molar refractivity (Wildman–Crippen MR) is 74.5 cm³/mol. The number of rotatable bonds is 3. The fourth-order valence-electron chi connectivity index (χ4n) is 3.67. The Morgan fingerprint density at radius 1 is 1.42 bits per heavy atom. The first-order valence-corrected chi connectivity index (χ1v) is 8.04. The van der Waals surface area contributed by atoms with Crippen molar-refractivity contribution in [1.29, 1.82) is 0 Å². The van der Waals surface area contributed by atoms with E-state index in [1.807, 2.05) is 5.38 Å². The molecule has 2 aliphatic rings. The minimum absolute atomic E-state index is 0.111. The molecule has 2 unspecified atom stereocenters. The van der Waals surface area contributed by atoms with Gasteiger partial charge in [-0.2, -0.15) is 0 Å². The zero-order chi connectivity index (χ0) is 13.1. The molecule has 0 amide bonds. The Morgan fingerprint density at radius 3 is 2.95 bits per heavy atom. The molecule has 2 atom stereocenters. The highest BCUT2D eigenvalue weighted by Crippen LogP contribution is 2.43. The summed E-state index contributed by atoms with van der Waals surface area (Å²) in [5.74, 6) is 6.26. The maximum Gasteiger partial charge on any atom is 0.0941 e. The lowest BCUT2D eigenvalue weighted by molar-refractivity contribution is -0.122. The lowest BCUT2D eigenvalue weighted by atomic mass is 9.74. The van der Waals surface area contributed by atoms with E-state index < -0.39 is 0 Å². The van der Waals surface area contributed by atoms with Gasteiger partial charge in [-0.15, -0.1) is 5.10 Å². The third-order valence-corrected chi connectivity index (χ3v) is 5.17. The first-order chi connectivity index (χ1) is 9.33. The van der Waals surface area contributed by atoms with Crippen LogP contribution in [0.25, 0.3) is 0 Å². The Morgan fingerprint density at radius 2 is 2.26 bits per heavy atom. The molecule has 0 radical (unpaired) electrons. The summed E-state index contributed by atoms with van der Waals surface area (Å²) in [6.45, 7) is 0.848. The molecule has 1 aliphatic carbocycles. The van der Waals surface area contributed by atoms with E-state index in [1.165, 1.54) is 43.6 Å². The Labute approximate surface area is 118 Å². The van der Waals surface area contributed by atoms with E-state index in [4.69, 9.17) is 10.6 Å². The number of hydrogen-bond donors (Lipinski definition) is 2. The molecule has 1 aromatic heterocycles. The SMILES string of the molecule is NNC(c1csnn1)C1CCOC2(CCCCC2)C1. The molecule has 1 saturated carbocycles. The van der Waals surface area contributed by atoms with Gasteiger partial charge in [0.15, 0.2) is 0 Å². The first kappa shape index (κ1) is 13.4. The van der Waals surface area contributed by atoms with E-state index >= 15 is 0 Å². The minimum Gasteiger partial charge on any atom is -0.375 e. The van der Waals surface area contributed by atoms with Crippen molar-refractivity contribution in [1.82, 2.24) is 15.0 Å². The summed E-state index contributed by atoms with van der Waals surface area (Å²) in [5, 5.41) is 6.17. The molecule has 6 heteroatoms. The van der Waals surface area contributed by atoms with E-state index in [0.29, 0.717) is 5.92 Å². The van der Waals surface area contributed by atoms with Gasteiger partial charge >= 0.3 is 0 Å². The molecule has 3 rings (SSSR count). The molecule has 2 fully saturated rings. The van der Waals surface area contributed by atoms with Crippen molar-refractivity contribution in [2.75, 3.05) is 6.61 Å². The molecule has 2 heterocycles. The molecule has 1 aromatic rings. The fraction of sp³-hybridized carbons (Fsp3) is 0.846. The number of nitrogens with two attached hydrogens (primary N) is 1. The van der Waals surface area contributed by atoms with Crippen LogP contribution in [0.1, 0.15) is 56.7 Å². The van der Waals surface area contributed by atoms with Crippen LogP contribution in [-0.2, 0) is 4.74 Å². The predicted octanol–water partition coefficient (Wildman–Crippen LogP) is 2.17. The molecular formula is C13H22N4OS. The normalized spacial score (nSPS) is 28.4. The molecule has 0 aromatic carbocycles. The largest absolute Gasteiger partial charge is 0.375 e. The third kappa shape index (κ3) is 2.81. The van der Waals surface area contributed by atoms with Gasteiger partial charge in [-0.1, -0.05) is 23.8 Å². The molecule has 1 spiro atoms. The van der Waals surface area contributed by atoms with Gasteiger partial charge in [-0.05, 0) is 43.1 Å². The van der Waals surface area contributed by atoms with E-state index in [9.17, 15) is 0 Å².